The van der Waals surface area contributed by atoms with Crippen LogP contribution in [0.1, 0.15) is 5.82 Å². The normalized spacial score (nSPS) is 10.1. The topological polar surface area (TPSA) is 93.1 Å². The number of H-pyrrole nitrogens is 1. The van der Waals surface area contributed by atoms with Gasteiger partial charge >= 0.3 is 5.69 Å². The van der Waals surface area contributed by atoms with Crippen LogP contribution in [0.2, 0.25) is 0 Å². The fourth-order valence-corrected chi connectivity index (χ4v) is 1.52. The van der Waals surface area contributed by atoms with Gasteiger partial charge in [-0.25, -0.2) is 4.98 Å². The lowest BCUT2D eigenvalue weighted by Crippen LogP contribution is -2.02. The summed E-state index contributed by atoms with van der Waals surface area (Å²) in [6.45, 7) is 0.508. The van der Waals surface area contributed by atoms with E-state index in [9.17, 15) is 10.1 Å². The highest BCUT2D eigenvalue weighted by molar-refractivity contribution is 5.57. The van der Waals surface area contributed by atoms with E-state index in [0.29, 0.717) is 6.54 Å². The number of aromatic nitrogens is 2. The number of rotatable bonds is 5. The van der Waals surface area contributed by atoms with Crippen molar-refractivity contribution in [2.45, 2.75) is 6.54 Å². The first-order valence-corrected chi connectivity index (χ1v) is 5.25. The minimum absolute atomic E-state index is 0.0546. The van der Waals surface area contributed by atoms with Crippen LogP contribution in [0.4, 0.5) is 11.4 Å². The average Bonchev–Trinajstić information content (AvgIpc) is 2.88. The number of anilines is 1. The number of nitrogens with zero attached hydrogens (tertiary/aromatic N) is 2. The molecule has 0 aliphatic heterocycles. The van der Waals surface area contributed by atoms with Crippen LogP contribution in [0.5, 0.6) is 5.75 Å². The predicted octanol–water partition coefficient (Wildman–Crippen LogP) is 1.94. The van der Waals surface area contributed by atoms with Gasteiger partial charge in [-0.3, -0.25) is 10.1 Å². The zero-order valence-corrected chi connectivity index (χ0v) is 9.71. The Morgan fingerprint density at radius 3 is 3.00 bits per heavy atom. The smallest absolute Gasteiger partial charge is 0.311 e. The van der Waals surface area contributed by atoms with Gasteiger partial charge in [0.1, 0.15) is 5.82 Å². The maximum absolute atomic E-state index is 10.7. The lowest BCUT2D eigenvalue weighted by molar-refractivity contribution is -0.385. The minimum atomic E-state index is -0.477. The van der Waals surface area contributed by atoms with E-state index in [2.05, 4.69) is 15.3 Å². The zero-order valence-electron chi connectivity index (χ0n) is 9.71. The lowest BCUT2D eigenvalue weighted by atomic mass is 10.2. The van der Waals surface area contributed by atoms with E-state index in [4.69, 9.17) is 4.74 Å². The first-order valence-electron chi connectivity index (χ1n) is 5.25. The predicted molar refractivity (Wildman–Crippen MR) is 65.6 cm³/mol. The molecule has 1 aromatic heterocycles. The number of methoxy groups -OCH3 is 1. The van der Waals surface area contributed by atoms with Crippen molar-refractivity contribution in [3.8, 4) is 5.75 Å². The summed E-state index contributed by atoms with van der Waals surface area (Å²) in [7, 11) is 1.40. The van der Waals surface area contributed by atoms with E-state index in [0.717, 1.165) is 11.5 Å². The molecule has 0 unspecified atom stereocenters. The second-order valence-corrected chi connectivity index (χ2v) is 3.53. The Bertz CT molecular complexity index is 539. The van der Waals surface area contributed by atoms with Crippen LogP contribution in [0.3, 0.4) is 0 Å². The third kappa shape index (κ3) is 2.57. The van der Waals surface area contributed by atoms with Crippen molar-refractivity contribution in [2.24, 2.45) is 0 Å². The van der Waals surface area contributed by atoms with Gasteiger partial charge in [0.25, 0.3) is 0 Å². The van der Waals surface area contributed by atoms with E-state index in [1.807, 2.05) is 0 Å². The Morgan fingerprint density at radius 1 is 1.56 bits per heavy atom. The first kappa shape index (κ1) is 11.9. The van der Waals surface area contributed by atoms with Crippen LogP contribution in [-0.4, -0.2) is 22.0 Å². The number of hydrogen-bond donors (Lipinski definition) is 2. The lowest BCUT2D eigenvalue weighted by Gasteiger charge is -2.07. The molecule has 0 saturated carbocycles. The second-order valence-electron chi connectivity index (χ2n) is 3.53. The SMILES string of the molecule is COc1cc(NCc2ncc[nH]2)ccc1[N+](=O)[O-]. The maximum atomic E-state index is 10.7. The fourth-order valence-electron chi connectivity index (χ4n) is 1.52. The molecule has 1 aromatic carbocycles. The fraction of sp³-hybridized carbons (Fsp3) is 0.182. The van der Waals surface area contributed by atoms with Crippen molar-refractivity contribution < 1.29 is 9.66 Å². The van der Waals surface area contributed by atoms with Crippen molar-refractivity contribution in [1.82, 2.24) is 9.97 Å². The van der Waals surface area contributed by atoms with Crippen molar-refractivity contribution in [2.75, 3.05) is 12.4 Å². The van der Waals surface area contributed by atoms with Gasteiger partial charge in [-0.2, -0.15) is 0 Å². The Balaban J connectivity index is 2.12. The zero-order chi connectivity index (χ0) is 13.0. The van der Waals surface area contributed by atoms with Crippen LogP contribution in [0, 0.1) is 10.1 Å². The summed E-state index contributed by atoms with van der Waals surface area (Å²) in [5.41, 5.74) is 0.676. The Kier molecular flexibility index (Phi) is 3.42. The molecule has 18 heavy (non-hydrogen) atoms. The summed E-state index contributed by atoms with van der Waals surface area (Å²) < 4.78 is 4.98. The molecule has 7 nitrogen and oxygen atoms in total. The summed E-state index contributed by atoms with van der Waals surface area (Å²) in [6.07, 6.45) is 3.39. The number of aromatic amines is 1. The van der Waals surface area contributed by atoms with E-state index in [1.54, 1.807) is 24.5 Å². The minimum Gasteiger partial charge on any atom is -0.490 e. The second kappa shape index (κ2) is 5.17. The highest BCUT2D eigenvalue weighted by Gasteiger charge is 2.14. The van der Waals surface area contributed by atoms with E-state index < -0.39 is 4.92 Å². The van der Waals surface area contributed by atoms with Gasteiger partial charge in [0, 0.05) is 30.2 Å². The molecule has 94 valence electrons. The number of nitro benzene ring substituents is 1. The molecular formula is C11H12N4O3. The van der Waals surface area contributed by atoms with Crippen molar-refractivity contribution in [3.05, 3.63) is 46.5 Å². The number of nitro groups is 1. The molecule has 0 spiro atoms. The molecule has 2 N–H and O–H groups in total. The van der Waals surface area contributed by atoms with Gasteiger partial charge in [0.05, 0.1) is 18.6 Å². The monoisotopic (exact) mass is 248 g/mol. The maximum Gasteiger partial charge on any atom is 0.311 e. The third-order valence-corrected chi connectivity index (χ3v) is 2.39. The van der Waals surface area contributed by atoms with Crippen LogP contribution in [0.15, 0.2) is 30.6 Å². The highest BCUT2D eigenvalue weighted by Crippen LogP contribution is 2.29. The first-order chi connectivity index (χ1) is 8.70. The number of ether oxygens (including phenoxy) is 1. The molecule has 0 fully saturated rings. The van der Waals surface area contributed by atoms with Crippen LogP contribution < -0.4 is 10.1 Å². The van der Waals surface area contributed by atoms with Gasteiger partial charge in [-0.1, -0.05) is 0 Å². The van der Waals surface area contributed by atoms with Gasteiger partial charge in [0.15, 0.2) is 5.75 Å². The van der Waals surface area contributed by atoms with Gasteiger partial charge in [0.2, 0.25) is 0 Å². The third-order valence-electron chi connectivity index (χ3n) is 2.39. The summed E-state index contributed by atoms with van der Waals surface area (Å²) in [4.78, 5) is 17.3. The molecule has 0 aliphatic rings. The Hall–Kier alpha value is -2.57. The molecule has 0 atom stereocenters. The van der Waals surface area contributed by atoms with Gasteiger partial charge in [-0.05, 0) is 6.07 Å². The molecule has 7 heteroatoms. The van der Waals surface area contributed by atoms with E-state index in [-0.39, 0.29) is 11.4 Å². The molecule has 0 bridgehead atoms. The summed E-state index contributed by atoms with van der Waals surface area (Å²) in [6, 6.07) is 4.62. The highest BCUT2D eigenvalue weighted by atomic mass is 16.6. The Morgan fingerprint density at radius 2 is 2.39 bits per heavy atom. The van der Waals surface area contributed by atoms with Gasteiger partial charge < -0.3 is 15.0 Å². The largest absolute Gasteiger partial charge is 0.490 e. The molecule has 2 aromatic rings. The number of benzene rings is 1. The van der Waals surface area contributed by atoms with Crippen LogP contribution in [-0.2, 0) is 6.54 Å². The summed E-state index contributed by atoms with van der Waals surface area (Å²) >= 11 is 0. The van der Waals surface area contributed by atoms with Gasteiger partial charge in [-0.15, -0.1) is 0 Å². The molecule has 0 saturated heterocycles. The molecule has 2 rings (SSSR count). The molecular weight excluding hydrogens is 236 g/mol. The standard InChI is InChI=1S/C11H12N4O3/c1-18-10-6-8(2-3-9(10)15(16)17)14-7-11-12-4-5-13-11/h2-6,14H,7H2,1H3,(H,12,13). The number of nitrogens with one attached hydrogen (secondary N) is 2. The summed E-state index contributed by atoms with van der Waals surface area (Å²) in [5.74, 6) is 1.01. The van der Waals surface area contributed by atoms with Crippen LogP contribution >= 0.6 is 0 Å². The molecule has 0 amide bonds. The van der Waals surface area contributed by atoms with E-state index in [1.165, 1.54) is 13.2 Å². The quantitative estimate of drug-likeness (QED) is 0.623. The van der Waals surface area contributed by atoms with Crippen LogP contribution in [0.25, 0.3) is 0 Å². The summed E-state index contributed by atoms with van der Waals surface area (Å²) in [5, 5.41) is 13.8. The average molecular weight is 248 g/mol. The van der Waals surface area contributed by atoms with Crippen molar-refractivity contribution in [1.29, 1.82) is 0 Å². The molecule has 1 heterocycles. The Labute approximate surface area is 103 Å². The number of imidazole rings is 1. The van der Waals surface area contributed by atoms with Crippen molar-refractivity contribution in [3.63, 3.8) is 0 Å². The van der Waals surface area contributed by atoms with E-state index >= 15 is 0 Å². The van der Waals surface area contributed by atoms with Crippen molar-refractivity contribution >= 4 is 11.4 Å². The molecule has 0 aliphatic carbocycles. The number of hydrogen-bond acceptors (Lipinski definition) is 5. The molecule has 0 radical (unpaired) electrons.